The van der Waals surface area contributed by atoms with E-state index in [2.05, 4.69) is 0 Å². The Hall–Kier alpha value is -0.920. The van der Waals surface area contributed by atoms with Gasteiger partial charge in [0.05, 0.1) is 5.56 Å². The van der Waals surface area contributed by atoms with Gasteiger partial charge in [0, 0.05) is 0 Å². The zero-order valence-corrected chi connectivity index (χ0v) is 9.31. The van der Waals surface area contributed by atoms with Crippen LogP contribution in [0.1, 0.15) is 10.4 Å². The monoisotopic (exact) mass is 276 g/mol. The number of carbonyl (C=O) groups is 1. The van der Waals surface area contributed by atoms with Crippen LogP contribution in [0, 0.1) is 0 Å². The Morgan fingerprint density at radius 1 is 1.06 bits per heavy atom. The minimum atomic E-state index is -4.55. The quantitative estimate of drug-likeness (QED) is 0.634. The van der Waals surface area contributed by atoms with Crippen molar-refractivity contribution in [1.29, 1.82) is 0 Å². The molecule has 0 atom stereocenters. The first-order valence-electron chi connectivity index (χ1n) is 4.64. The van der Waals surface area contributed by atoms with Crippen LogP contribution in [0.4, 0.5) is 0 Å². The minimum absolute atomic E-state index is 0. The third kappa shape index (κ3) is 2.73. The maximum absolute atomic E-state index is 11.1. The Balaban J connectivity index is 0.00000162. The molecule has 2 rings (SSSR count). The van der Waals surface area contributed by atoms with Crippen LogP contribution in [0.25, 0.3) is 10.8 Å². The van der Waals surface area contributed by atoms with Crippen molar-refractivity contribution in [3.05, 3.63) is 42.0 Å². The second-order valence-electron chi connectivity index (χ2n) is 3.44. The van der Waals surface area contributed by atoms with Gasteiger partial charge < -0.3 is 5.11 Å². The number of hydrogen-bond donors (Lipinski definition) is 2. The molecule has 0 aromatic heterocycles. The fourth-order valence-electron chi connectivity index (χ4n) is 1.69. The average molecular weight is 276 g/mol. The van der Waals surface area contributed by atoms with E-state index >= 15 is 0 Å². The molecular weight excluding hydrogens is 267 g/mol. The van der Waals surface area contributed by atoms with Crippen LogP contribution in [0.15, 0.2) is 41.3 Å². The zero-order chi connectivity index (χ0) is 12.6. The second-order valence-corrected chi connectivity index (χ2v) is 4.83. The number of aromatic carboxylic acids is 1. The van der Waals surface area contributed by atoms with Crippen LogP contribution in [0.5, 0.6) is 0 Å². The van der Waals surface area contributed by atoms with Crippen LogP contribution >= 0.6 is 0 Å². The molecule has 18 heavy (non-hydrogen) atoms. The van der Waals surface area contributed by atoms with E-state index in [-0.39, 0.29) is 34.9 Å². The molecule has 5 nitrogen and oxygen atoms in total. The third-order valence-electron chi connectivity index (χ3n) is 2.38. The predicted molar refractivity (Wildman–Crippen MR) is 67.9 cm³/mol. The summed E-state index contributed by atoms with van der Waals surface area (Å²) in [6.45, 7) is 0. The predicted octanol–water partition coefficient (Wildman–Crippen LogP) is 1.14. The summed E-state index contributed by atoms with van der Waals surface area (Å²) in [6.07, 6.45) is 0. The molecule has 90 valence electrons. The van der Waals surface area contributed by atoms with E-state index in [1.54, 1.807) is 18.2 Å². The van der Waals surface area contributed by atoms with Gasteiger partial charge in [-0.05, 0) is 16.8 Å². The van der Waals surface area contributed by atoms with Crippen LogP contribution in [0.3, 0.4) is 0 Å². The molecule has 0 saturated heterocycles. The summed E-state index contributed by atoms with van der Waals surface area (Å²) in [5.74, 6) is -1.39. The molecule has 0 saturated carbocycles. The first-order chi connectivity index (χ1) is 7.91. The molecule has 0 spiro atoms. The SMILES string of the molecule is O=C(O)c1c(S(=O)(=O)O)ccc2ccccc12.[NaH]. The zero-order valence-electron chi connectivity index (χ0n) is 8.49. The summed E-state index contributed by atoms with van der Waals surface area (Å²) in [4.78, 5) is 10.5. The molecule has 0 heterocycles. The molecular formula is C11H9NaO5S. The van der Waals surface area contributed by atoms with Gasteiger partial charge >= 0.3 is 35.5 Å². The van der Waals surface area contributed by atoms with E-state index < -0.39 is 26.5 Å². The molecule has 2 aromatic rings. The van der Waals surface area contributed by atoms with Crippen molar-refractivity contribution in [2.24, 2.45) is 0 Å². The Morgan fingerprint density at radius 2 is 1.67 bits per heavy atom. The summed E-state index contributed by atoms with van der Waals surface area (Å²) >= 11 is 0. The summed E-state index contributed by atoms with van der Waals surface area (Å²) < 4.78 is 31.2. The van der Waals surface area contributed by atoms with E-state index in [0.717, 1.165) is 6.07 Å². The maximum atomic E-state index is 11.1. The fraction of sp³-hybridized carbons (Fsp3) is 0. The van der Waals surface area contributed by atoms with Crippen LogP contribution < -0.4 is 0 Å². The van der Waals surface area contributed by atoms with Gasteiger partial charge in [-0.1, -0.05) is 30.3 Å². The molecule has 0 fully saturated rings. The number of carboxylic acid groups (broad SMARTS) is 1. The van der Waals surface area contributed by atoms with E-state index in [0.29, 0.717) is 5.39 Å². The summed E-state index contributed by atoms with van der Waals surface area (Å²) in [5, 5.41) is 9.92. The second kappa shape index (κ2) is 5.38. The molecule has 7 heteroatoms. The number of benzene rings is 2. The molecule has 0 aliphatic carbocycles. The Bertz CT molecular complexity index is 708. The van der Waals surface area contributed by atoms with E-state index in [1.807, 2.05) is 0 Å². The summed E-state index contributed by atoms with van der Waals surface area (Å²) in [6, 6.07) is 9.00. The molecule has 0 aliphatic heterocycles. The van der Waals surface area contributed by atoms with E-state index in [9.17, 15) is 13.2 Å². The molecule has 0 amide bonds. The fourth-order valence-corrected chi connectivity index (χ4v) is 2.38. The number of fused-ring (bicyclic) bond motifs is 1. The molecule has 2 aromatic carbocycles. The summed E-state index contributed by atoms with van der Waals surface area (Å²) in [7, 11) is -4.55. The molecule has 0 bridgehead atoms. The van der Waals surface area contributed by atoms with Crippen LogP contribution in [0.2, 0.25) is 0 Å². The first kappa shape index (κ1) is 15.1. The van der Waals surface area contributed by atoms with Crippen molar-refractivity contribution in [2.45, 2.75) is 4.90 Å². The van der Waals surface area contributed by atoms with Gasteiger partial charge in [0.2, 0.25) is 0 Å². The van der Waals surface area contributed by atoms with E-state index in [4.69, 9.17) is 9.66 Å². The van der Waals surface area contributed by atoms with Crippen molar-refractivity contribution in [2.75, 3.05) is 0 Å². The molecule has 0 unspecified atom stereocenters. The van der Waals surface area contributed by atoms with Crippen LogP contribution in [-0.2, 0) is 10.1 Å². The van der Waals surface area contributed by atoms with E-state index in [1.165, 1.54) is 12.1 Å². The van der Waals surface area contributed by atoms with Gasteiger partial charge in [-0.15, -0.1) is 0 Å². The number of rotatable bonds is 2. The van der Waals surface area contributed by atoms with Crippen molar-refractivity contribution < 1.29 is 22.9 Å². The summed E-state index contributed by atoms with van der Waals surface area (Å²) in [5.41, 5.74) is -0.411. The standard InChI is InChI=1S/C11H8O5S.Na.H/c12-11(13)10-8-4-2-1-3-7(8)5-6-9(10)17(14,15)16;;/h1-6H,(H,12,13)(H,14,15,16);;. The van der Waals surface area contributed by atoms with Crippen molar-refractivity contribution in [1.82, 2.24) is 0 Å². The normalized spacial score (nSPS) is 10.9. The van der Waals surface area contributed by atoms with Gasteiger partial charge in [-0.25, -0.2) is 4.79 Å². The number of hydrogen-bond acceptors (Lipinski definition) is 3. The Morgan fingerprint density at radius 3 is 2.22 bits per heavy atom. The van der Waals surface area contributed by atoms with Gasteiger partial charge in [0.1, 0.15) is 4.90 Å². The van der Waals surface area contributed by atoms with Crippen molar-refractivity contribution >= 4 is 56.4 Å². The Kier molecular flexibility index (Phi) is 4.52. The Labute approximate surface area is 125 Å². The topological polar surface area (TPSA) is 91.7 Å². The van der Waals surface area contributed by atoms with Crippen molar-refractivity contribution in [3.63, 3.8) is 0 Å². The van der Waals surface area contributed by atoms with Gasteiger partial charge in [-0.3, -0.25) is 4.55 Å². The van der Waals surface area contributed by atoms with Crippen LogP contribution in [-0.4, -0.2) is 53.6 Å². The molecule has 0 aliphatic rings. The van der Waals surface area contributed by atoms with Gasteiger partial charge in [0.25, 0.3) is 10.1 Å². The van der Waals surface area contributed by atoms with Crippen molar-refractivity contribution in [3.8, 4) is 0 Å². The third-order valence-corrected chi connectivity index (χ3v) is 3.28. The molecule has 0 radical (unpaired) electrons. The van der Waals surface area contributed by atoms with Gasteiger partial charge in [-0.2, -0.15) is 8.42 Å². The van der Waals surface area contributed by atoms with Gasteiger partial charge in [0.15, 0.2) is 0 Å². The molecule has 2 N–H and O–H groups in total. The first-order valence-corrected chi connectivity index (χ1v) is 6.08. The number of carboxylic acids is 1. The average Bonchev–Trinajstić information content (AvgIpc) is 2.26.